The highest BCUT2D eigenvalue weighted by molar-refractivity contribution is 5.34. The van der Waals surface area contributed by atoms with Crippen LogP contribution in [-0.4, -0.2) is 45.0 Å². The van der Waals surface area contributed by atoms with Crippen molar-refractivity contribution < 1.29 is 9.66 Å². The zero-order valence-corrected chi connectivity index (χ0v) is 10.0. The minimum atomic E-state index is -0.587. The van der Waals surface area contributed by atoms with Crippen LogP contribution in [0.3, 0.4) is 0 Å². The van der Waals surface area contributed by atoms with Crippen molar-refractivity contribution in [2.75, 3.05) is 18.0 Å². The minimum absolute atomic E-state index is 0.0782. The molecule has 2 rings (SSSR count). The summed E-state index contributed by atoms with van der Waals surface area (Å²) in [5.74, 6) is 0.146. The molecule has 0 bridgehead atoms. The second kappa shape index (κ2) is 4.28. The average molecular weight is 241 g/mol. The van der Waals surface area contributed by atoms with Crippen molar-refractivity contribution in [3.05, 3.63) is 10.1 Å². The molecule has 0 N–H and O–H groups in total. The molecule has 1 aromatic heterocycles. The van der Waals surface area contributed by atoms with Gasteiger partial charge in [-0.1, -0.05) is 0 Å². The van der Waals surface area contributed by atoms with Crippen LogP contribution in [0.2, 0.25) is 0 Å². The molecular formula is C9H15N5O3. The van der Waals surface area contributed by atoms with Gasteiger partial charge in [-0.05, 0) is 23.8 Å². The van der Waals surface area contributed by atoms with Gasteiger partial charge in [0.25, 0.3) is 0 Å². The molecule has 2 atom stereocenters. The molecule has 0 radical (unpaired) electrons. The number of aromatic nitrogens is 3. The van der Waals surface area contributed by atoms with Crippen molar-refractivity contribution in [3.8, 4) is 0 Å². The third-order valence-electron chi connectivity index (χ3n) is 2.59. The molecule has 8 heteroatoms. The molecule has 94 valence electrons. The SMILES string of the molecule is CC1CN(c2nc([N+](=O)[O-])nn2C)CC(C)O1. The van der Waals surface area contributed by atoms with Crippen LogP contribution < -0.4 is 4.90 Å². The van der Waals surface area contributed by atoms with E-state index < -0.39 is 4.92 Å². The quantitative estimate of drug-likeness (QED) is 0.548. The lowest BCUT2D eigenvalue weighted by Gasteiger charge is -2.34. The smallest absolute Gasteiger partial charge is 0.390 e. The van der Waals surface area contributed by atoms with Crippen LogP contribution in [-0.2, 0) is 11.8 Å². The summed E-state index contributed by atoms with van der Waals surface area (Å²) in [5, 5.41) is 14.4. The Labute approximate surface area is 98.3 Å². The van der Waals surface area contributed by atoms with Gasteiger partial charge in [0.15, 0.2) is 0 Å². The Hall–Kier alpha value is -1.70. The normalized spacial score (nSPS) is 25.0. The average Bonchev–Trinajstić information content (AvgIpc) is 2.59. The molecule has 0 amide bonds. The van der Waals surface area contributed by atoms with E-state index in [1.54, 1.807) is 7.05 Å². The number of morpholine rings is 1. The third kappa shape index (κ3) is 2.36. The first-order valence-corrected chi connectivity index (χ1v) is 5.43. The maximum Gasteiger partial charge on any atom is 0.493 e. The molecule has 0 aliphatic carbocycles. The number of ether oxygens (including phenoxy) is 1. The molecule has 0 saturated carbocycles. The van der Waals surface area contributed by atoms with E-state index in [4.69, 9.17) is 4.74 Å². The highest BCUT2D eigenvalue weighted by Crippen LogP contribution is 2.19. The van der Waals surface area contributed by atoms with Gasteiger partial charge in [-0.3, -0.25) is 0 Å². The van der Waals surface area contributed by atoms with Crippen molar-refractivity contribution in [3.63, 3.8) is 0 Å². The molecule has 0 aromatic carbocycles. The Morgan fingerprint density at radius 3 is 2.47 bits per heavy atom. The summed E-state index contributed by atoms with van der Waals surface area (Å²) in [6.07, 6.45) is 0.156. The van der Waals surface area contributed by atoms with Gasteiger partial charge in [-0.25, -0.2) is 0 Å². The van der Waals surface area contributed by atoms with Gasteiger partial charge < -0.3 is 19.8 Å². The molecule has 1 aromatic rings. The summed E-state index contributed by atoms with van der Waals surface area (Å²) < 4.78 is 7.03. The van der Waals surface area contributed by atoms with Gasteiger partial charge in [0, 0.05) is 25.2 Å². The number of nitrogens with zero attached hydrogens (tertiary/aromatic N) is 5. The van der Waals surface area contributed by atoms with Gasteiger partial charge >= 0.3 is 11.9 Å². The summed E-state index contributed by atoms with van der Waals surface area (Å²) in [5.41, 5.74) is 0. The molecule has 1 aliphatic rings. The molecule has 1 fully saturated rings. The number of hydrogen-bond acceptors (Lipinski definition) is 6. The van der Waals surface area contributed by atoms with Crippen molar-refractivity contribution in [1.82, 2.24) is 14.8 Å². The summed E-state index contributed by atoms with van der Waals surface area (Å²) in [4.78, 5) is 15.9. The van der Waals surface area contributed by atoms with Gasteiger partial charge in [-0.15, -0.1) is 0 Å². The fourth-order valence-electron chi connectivity index (χ4n) is 2.06. The summed E-state index contributed by atoms with van der Waals surface area (Å²) >= 11 is 0. The first-order chi connectivity index (χ1) is 7.97. The number of anilines is 1. The van der Waals surface area contributed by atoms with E-state index in [9.17, 15) is 10.1 Å². The zero-order chi connectivity index (χ0) is 12.6. The van der Waals surface area contributed by atoms with Crippen LogP contribution in [0.4, 0.5) is 11.9 Å². The molecular weight excluding hydrogens is 226 g/mol. The van der Waals surface area contributed by atoms with Crippen molar-refractivity contribution in [2.45, 2.75) is 26.1 Å². The van der Waals surface area contributed by atoms with Crippen LogP contribution >= 0.6 is 0 Å². The van der Waals surface area contributed by atoms with Crippen LogP contribution in [0.1, 0.15) is 13.8 Å². The van der Waals surface area contributed by atoms with Crippen LogP contribution in [0.25, 0.3) is 0 Å². The van der Waals surface area contributed by atoms with Crippen LogP contribution in [0.5, 0.6) is 0 Å². The molecule has 1 saturated heterocycles. The Morgan fingerprint density at radius 2 is 2.00 bits per heavy atom. The standard InChI is InChI=1S/C9H15N5O3/c1-6-4-13(5-7(2)17-6)9-10-8(14(15)16)11-12(9)3/h6-7H,4-5H2,1-3H3. The predicted octanol–water partition coefficient (Wildman–Crippen LogP) is 0.337. The zero-order valence-electron chi connectivity index (χ0n) is 10.0. The molecule has 1 aliphatic heterocycles. The molecule has 2 heterocycles. The lowest BCUT2D eigenvalue weighted by molar-refractivity contribution is -0.394. The van der Waals surface area contributed by atoms with Gasteiger partial charge in [0.1, 0.15) is 0 Å². The first-order valence-electron chi connectivity index (χ1n) is 5.43. The maximum atomic E-state index is 10.6. The number of rotatable bonds is 2. The summed E-state index contributed by atoms with van der Waals surface area (Å²) in [7, 11) is 1.65. The summed E-state index contributed by atoms with van der Waals surface area (Å²) in [6.45, 7) is 5.25. The minimum Gasteiger partial charge on any atom is -0.390 e. The number of hydrogen-bond donors (Lipinski definition) is 0. The van der Waals surface area contributed by atoms with Crippen LogP contribution in [0, 0.1) is 10.1 Å². The Balaban J connectivity index is 2.24. The lowest BCUT2D eigenvalue weighted by atomic mass is 10.2. The lowest BCUT2D eigenvalue weighted by Crippen LogP contribution is -2.46. The van der Waals surface area contributed by atoms with E-state index in [1.165, 1.54) is 4.68 Å². The van der Waals surface area contributed by atoms with Gasteiger partial charge in [-0.2, -0.15) is 4.68 Å². The fourth-order valence-corrected chi connectivity index (χ4v) is 2.06. The second-order valence-corrected chi connectivity index (χ2v) is 4.25. The van der Waals surface area contributed by atoms with E-state index in [1.807, 2.05) is 18.7 Å². The largest absolute Gasteiger partial charge is 0.493 e. The topological polar surface area (TPSA) is 86.3 Å². The number of nitro groups is 1. The predicted molar refractivity (Wildman–Crippen MR) is 59.9 cm³/mol. The monoisotopic (exact) mass is 241 g/mol. The van der Waals surface area contributed by atoms with Gasteiger partial charge in [0.2, 0.25) is 0 Å². The highest BCUT2D eigenvalue weighted by atomic mass is 16.6. The molecule has 2 unspecified atom stereocenters. The first kappa shape index (κ1) is 11.8. The van der Waals surface area contributed by atoms with E-state index in [2.05, 4.69) is 10.1 Å². The molecule has 0 spiro atoms. The highest BCUT2D eigenvalue weighted by Gasteiger charge is 2.30. The molecule has 17 heavy (non-hydrogen) atoms. The van der Waals surface area contributed by atoms with E-state index >= 15 is 0 Å². The van der Waals surface area contributed by atoms with Gasteiger partial charge in [0.05, 0.1) is 12.2 Å². The van der Waals surface area contributed by atoms with Crippen LogP contribution in [0.15, 0.2) is 0 Å². The molecule has 8 nitrogen and oxygen atoms in total. The second-order valence-electron chi connectivity index (χ2n) is 4.25. The maximum absolute atomic E-state index is 10.6. The Kier molecular flexibility index (Phi) is 2.97. The number of aryl methyl sites for hydroxylation is 1. The third-order valence-corrected chi connectivity index (χ3v) is 2.59. The van der Waals surface area contributed by atoms with E-state index in [0.717, 1.165) is 0 Å². The Bertz CT molecular complexity index is 422. The van der Waals surface area contributed by atoms with E-state index in [-0.39, 0.29) is 18.2 Å². The Morgan fingerprint density at radius 1 is 1.41 bits per heavy atom. The van der Waals surface area contributed by atoms with Crippen molar-refractivity contribution >= 4 is 11.9 Å². The van der Waals surface area contributed by atoms with E-state index in [0.29, 0.717) is 19.0 Å². The van der Waals surface area contributed by atoms with Crippen molar-refractivity contribution in [1.29, 1.82) is 0 Å². The summed E-state index contributed by atoms with van der Waals surface area (Å²) in [6, 6.07) is 0. The van der Waals surface area contributed by atoms with Crippen molar-refractivity contribution in [2.24, 2.45) is 7.05 Å². The fraction of sp³-hybridized carbons (Fsp3) is 0.778.